The van der Waals surface area contributed by atoms with E-state index in [9.17, 15) is 18.7 Å². The van der Waals surface area contributed by atoms with Crippen LogP contribution in [0.3, 0.4) is 0 Å². The van der Waals surface area contributed by atoms with Gasteiger partial charge in [0, 0.05) is 18.2 Å². The van der Waals surface area contributed by atoms with E-state index in [1.165, 1.54) is 52.7 Å². The van der Waals surface area contributed by atoms with Crippen molar-refractivity contribution in [3.63, 3.8) is 0 Å². The number of urea groups is 1. The lowest BCUT2D eigenvalue weighted by Crippen LogP contribution is -2.49. The first-order chi connectivity index (χ1) is 12.5. The van der Waals surface area contributed by atoms with Crippen molar-refractivity contribution in [3.05, 3.63) is 52.0 Å². The van der Waals surface area contributed by atoms with E-state index in [-0.39, 0.29) is 29.2 Å². The molecule has 0 spiro atoms. The summed E-state index contributed by atoms with van der Waals surface area (Å²) in [6.45, 7) is -0.311. The third-order valence-electron chi connectivity index (χ3n) is 3.57. The van der Waals surface area contributed by atoms with Crippen molar-refractivity contribution in [1.29, 1.82) is 0 Å². The molecule has 0 aliphatic carbocycles. The maximum atomic E-state index is 14.1. The van der Waals surface area contributed by atoms with Crippen molar-refractivity contribution in [3.8, 4) is 11.5 Å². The van der Waals surface area contributed by atoms with Gasteiger partial charge in [-0.15, -0.1) is 0 Å². The Hall–Kier alpha value is -2.00. The number of ether oxygens (including phenoxy) is 1. The van der Waals surface area contributed by atoms with Gasteiger partial charge in [0.15, 0.2) is 0 Å². The largest absolute Gasteiger partial charge is 0.508 e. The lowest BCUT2D eigenvalue weighted by Gasteiger charge is -2.26. The number of phenols is 1. The Kier molecular flexibility index (Phi) is 6.59. The number of rotatable bonds is 5. The molecule has 0 fully saturated rings. The zero-order valence-electron chi connectivity index (χ0n) is 14.2. The Morgan fingerprint density at radius 1 is 1.33 bits per heavy atom. The molecule has 1 unspecified atom stereocenters. The number of hydrogen-bond donors (Lipinski definition) is 3. The zero-order valence-corrected chi connectivity index (χ0v) is 16.9. The predicted molar refractivity (Wildman–Crippen MR) is 104 cm³/mol. The molecule has 27 heavy (non-hydrogen) atoms. The summed E-state index contributed by atoms with van der Waals surface area (Å²) >= 11 is 3.22. The van der Waals surface area contributed by atoms with Crippen LogP contribution in [0, 0.1) is 0 Å². The van der Waals surface area contributed by atoms with E-state index in [1.54, 1.807) is 0 Å². The van der Waals surface area contributed by atoms with Crippen molar-refractivity contribution in [2.45, 2.75) is 12.3 Å². The van der Waals surface area contributed by atoms with Gasteiger partial charge in [-0.05, 0) is 40.2 Å². The highest BCUT2D eigenvalue weighted by Crippen LogP contribution is 2.40. The number of halogens is 3. The molecule has 2 rings (SSSR count). The second-order valence-corrected chi connectivity index (χ2v) is 7.17. The third-order valence-corrected chi connectivity index (χ3v) is 4.50. The van der Waals surface area contributed by atoms with Gasteiger partial charge in [-0.1, -0.05) is 21.4 Å². The molecule has 0 heterocycles. The van der Waals surface area contributed by atoms with Crippen LogP contribution in [0.2, 0.25) is 0 Å². The molecule has 2 aromatic rings. The second kappa shape index (κ2) is 8.35. The van der Waals surface area contributed by atoms with E-state index < -0.39 is 11.7 Å². The first kappa shape index (κ1) is 21.3. The smallest absolute Gasteiger partial charge is 0.352 e. The number of nitrogens with two attached hydrogens (primary N) is 2. The van der Waals surface area contributed by atoms with Crippen LogP contribution in [0.5, 0.6) is 11.5 Å². The molecular weight excluding hydrogens is 445 g/mol. The number of carbonyl (C=O) groups excluding carboxylic acids is 1. The number of benzene rings is 2. The van der Waals surface area contributed by atoms with Crippen LogP contribution in [0.4, 0.5) is 19.3 Å². The van der Waals surface area contributed by atoms with Crippen molar-refractivity contribution in [2.24, 2.45) is 11.7 Å². The van der Waals surface area contributed by atoms with Gasteiger partial charge in [0.05, 0.1) is 10.2 Å². The number of amides is 2. The minimum Gasteiger partial charge on any atom is -0.508 e. The van der Waals surface area contributed by atoms with Gasteiger partial charge in [-0.2, -0.15) is 8.78 Å². The van der Waals surface area contributed by atoms with Gasteiger partial charge in [-0.25, -0.2) is 21.5 Å². The fraction of sp³-hybridized carbons (Fsp3) is 0.188. The summed E-state index contributed by atoms with van der Waals surface area (Å²) in [4.78, 5) is 12.1. The van der Waals surface area contributed by atoms with E-state index in [0.29, 0.717) is 15.2 Å². The molecule has 11 heteroatoms. The number of nitrogens with zero attached hydrogens (tertiary/aromatic N) is 2. The molecule has 0 saturated carbocycles. The van der Waals surface area contributed by atoms with Crippen LogP contribution in [0.15, 0.2) is 40.9 Å². The van der Waals surface area contributed by atoms with Crippen molar-refractivity contribution >= 4 is 36.9 Å². The van der Waals surface area contributed by atoms with Crippen molar-refractivity contribution in [2.75, 3.05) is 12.1 Å². The molecule has 2 aromatic carbocycles. The lowest BCUT2D eigenvalue weighted by molar-refractivity contribution is 0.101. The van der Waals surface area contributed by atoms with Gasteiger partial charge in [-0.3, -0.25) is 5.01 Å². The van der Waals surface area contributed by atoms with E-state index >= 15 is 0 Å². The van der Waals surface area contributed by atoms with Crippen LogP contribution in [0.25, 0.3) is 0 Å². The first-order valence-corrected chi connectivity index (χ1v) is 8.87. The topological polar surface area (TPSA) is 105 Å². The molecule has 5 N–H and O–H groups in total. The molecule has 0 aliphatic heterocycles. The molecule has 146 valence electrons. The Bertz CT molecular complexity index is 849. The van der Waals surface area contributed by atoms with Crippen LogP contribution in [0.1, 0.15) is 11.1 Å². The molecule has 0 saturated heterocycles. The molecule has 0 radical (unpaired) electrons. The predicted octanol–water partition coefficient (Wildman–Crippen LogP) is 3.26. The van der Waals surface area contributed by atoms with E-state index in [0.717, 1.165) is 5.01 Å². The van der Waals surface area contributed by atoms with E-state index in [1.807, 2.05) is 0 Å². The number of phenolic OH excluding ortho intramolecular Hbond substituents is 1. The SMILES string of the molecule is CN(N)C(=O)N(N)c1cccc(C(F)(F)P)c1COc1ccc(O)cc1Br. The Labute approximate surface area is 165 Å². The fourth-order valence-electron chi connectivity index (χ4n) is 2.29. The summed E-state index contributed by atoms with van der Waals surface area (Å²) in [5.74, 6) is 11.5. The Morgan fingerprint density at radius 2 is 2.00 bits per heavy atom. The maximum Gasteiger partial charge on any atom is 0.352 e. The summed E-state index contributed by atoms with van der Waals surface area (Å²) in [7, 11) is 2.72. The van der Waals surface area contributed by atoms with Gasteiger partial charge < -0.3 is 9.84 Å². The lowest BCUT2D eigenvalue weighted by atomic mass is 10.1. The quantitative estimate of drug-likeness (QED) is 0.273. The minimum absolute atomic E-state index is 0.00942. The van der Waals surface area contributed by atoms with Gasteiger partial charge in [0.25, 0.3) is 5.66 Å². The van der Waals surface area contributed by atoms with Crippen molar-refractivity contribution in [1.82, 2.24) is 5.01 Å². The molecule has 2 amide bonds. The summed E-state index contributed by atoms with van der Waals surface area (Å²) in [6, 6.07) is 7.43. The minimum atomic E-state index is -3.28. The monoisotopic (exact) mass is 462 g/mol. The van der Waals surface area contributed by atoms with Crippen LogP contribution in [-0.2, 0) is 12.3 Å². The third kappa shape index (κ3) is 5.04. The molecule has 0 bridgehead atoms. The number of aromatic hydroxyl groups is 1. The Balaban J connectivity index is 2.46. The number of anilines is 1. The molecule has 7 nitrogen and oxygen atoms in total. The molecule has 0 aromatic heterocycles. The summed E-state index contributed by atoms with van der Waals surface area (Å²) in [5.41, 5.74) is -3.62. The van der Waals surface area contributed by atoms with Crippen LogP contribution < -0.4 is 21.4 Å². The standard InChI is InChI=1S/C16H18BrF2N4O3P/c1-22(20)15(25)23(21)13-4-2-3-11(16(18,19)27)10(13)8-26-14-6-5-9(24)7-12(14)17/h2-7,24H,8,20-21,27H2,1H3. The summed E-state index contributed by atoms with van der Waals surface area (Å²) < 4.78 is 34.2. The Morgan fingerprint density at radius 3 is 2.56 bits per heavy atom. The second-order valence-electron chi connectivity index (χ2n) is 5.59. The fourth-order valence-corrected chi connectivity index (χ4v) is 3.05. The first-order valence-electron chi connectivity index (χ1n) is 7.50. The average Bonchev–Trinajstić information content (AvgIpc) is 2.58. The number of hydrazine groups is 2. The van der Waals surface area contributed by atoms with Crippen LogP contribution >= 0.6 is 25.2 Å². The average molecular weight is 463 g/mol. The van der Waals surface area contributed by atoms with Crippen molar-refractivity contribution < 1.29 is 23.4 Å². The van der Waals surface area contributed by atoms with Gasteiger partial charge in [0.2, 0.25) is 0 Å². The highest BCUT2D eigenvalue weighted by Gasteiger charge is 2.31. The highest BCUT2D eigenvalue weighted by atomic mass is 79.9. The number of hydrogen-bond acceptors (Lipinski definition) is 5. The zero-order chi connectivity index (χ0) is 20.4. The number of alkyl halides is 2. The summed E-state index contributed by atoms with van der Waals surface area (Å²) in [6.07, 6.45) is 0. The molecular formula is C16H18BrF2N4O3P. The van der Waals surface area contributed by atoms with E-state index in [4.69, 9.17) is 16.4 Å². The van der Waals surface area contributed by atoms with E-state index in [2.05, 4.69) is 15.9 Å². The maximum absolute atomic E-state index is 14.1. The molecule has 0 aliphatic rings. The van der Waals surface area contributed by atoms with Crippen LogP contribution in [-0.4, -0.2) is 23.2 Å². The van der Waals surface area contributed by atoms with Gasteiger partial charge in [0.1, 0.15) is 18.1 Å². The normalized spacial score (nSPS) is 11.2. The van der Waals surface area contributed by atoms with Gasteiger partial charge >= 0.3 is 6.03 Å². The molecule has 1 atom stereocenters. The summed E-state index contributed by atoms with van der Waals surface area (Å²) in [5, 5.41) is 10.8. The highest BCUT2D eigenvalue weighted by molar-refractivity contribution is 9.10. The number of carbonyl (C=O) groups is 1.